The number of rotatable bonds is 2. The van der Waals surface area contributed by atoms with Crippen LogP contribution in [0.15, 0.2) is 23.8 Å². The molecule has 0 amide bonds. The predicted molar refractivity (Wildman–Crippen MR) is 99.6 cm³/mol. The second-order valence-electron chi connectivity index (χ2n) is 8.53. The fourth-order valence-corrected chi connectivity index (χ4v) is 5.58. The third kappa shape index (κ3) is 2.73. The van der Waals surface area contributed by atoms with Gasteiger partial charge in [0.25, 0.3) is 0 Å². The summed E-state index contributed by atoms with van der Waals surface area (Å²) in [5, 5.41) is 12.1. The lowest BCUT2D eigenvalue weighted by atomic mass is 9.68. The highest BCUT2D eigenvalue weighted by Gasteiger charge is 2.45. The number of aromatic hydroxyl groups is 1. The normalized spacial score (nSPS) is 25.9. The molecule has 0 saturated heterocycles. The lowest BCUT2D eigenvalue weighted by Gasteiger charge is -2.46. The minimum atomic E-state index is -1.50. The smallest absolute Gasteiger partial charge is 0.127 e. The number of hydrogen-bond donors (Lipinski definition) is 1. The number of phenols is 1. The maximum Gasteiger partial charge on any atom is 0.127 e. The maximum absolute atomic E-state index is 10.8. The summed E-state index contributed by atoms with van der Waals surface area (Å²) in [6.45, 7) is 13.6. The zero-order valence-electron chi connectivity index (χ0n) is 15.4. The summed E-state index contributed by atoms with van der Waals surface area (Å²) in [7, 11) is -1.50. The van der Waals surface area contributed by atoms with E-state index in [1.165, 1.54) is 16.8 Å². The molecule has 2 atom stereocenters. The summed E-state index contributed by atoms with van der Waals surface area (Å²) >= 11 is 0. The number of fused-ring (bicyclic) bond motifs is 3. The Hall–Kier alpha value is -1.22. The van der Waals surface area contributed by atoms with Gasteiger partial charge in [0.1, 0.15) is 17.1 Å². The molecule has 1 aromatic carbocycles. The fourth-order valence-electron chi connectivity index (χ4n) is 4.12. The Bertz CT molecular complexity index is 658. The minimum Gasteiger partial charge on any atom is -0.508 e. The number of allylic oxidation sites excluding steroid dienone is 2. The first-order chi connectivity index (χ1) is 10.7. The number of benzene rings is 1. The van der Waals surface area contributed by atoms with E-state index in [9.17, 15) is 5.11 Å². The van der Waals surface area contributed by atoms with Gasteiger partial charge in [-0.2, -0.15) is 0 Å². The molecule has 0 fully saturated rings. The van der Waals surface area contributed by atoms with E-state index in [1.54, 1.807) is 0 Å². The number of hydrogen-bond acceptors (Lipinski definition) is 2. The summed E-state index contributed by atoms with van der Waals surface area (Å²) in [5.74, 6) is 2.06. The molecule has 0 unspecified atom stereocenters. The Morgan fingerprint density at radius 1 is 1.30 bits per heavy atom. The van der Waals surface area contributed by atoms with Crippen LogP contribution in [0.2, 0.25) is 19.1 Å². The van der Waals surface area contributed by atoms with Gasteiger partial charge in [0, 0.05) is 17.4 Å². The molecule has 23 heavy (non-hydrogen) atoms. The van der Waals surface area contributed by atoms with Crippen LogP contribution >= 0.6 is 0 Å². The second-order valence-corrected chi connectivity index (χ2v) is 13.6. The van der Waals surface area contributed by atoms with Gasteiger partial charge in [-0.15, -0.1) is 0 Å². The van der Waals surface area contributed by atoms with Crippen LogP contribution in [0.4, 0.5) is 0 Å². The highest BCUT2D eigenvalue weighted by molar-refractivity contribution is 6.89. The SMILES string of the molecule is CC[Si](C)(C)c1cc(O)c2c(c1)OC(C)(C)[C@@H]1CCC(C)=C[C@@H]21. The first kappa shape index (κ1) is 16.6. The molecule has 0 spiro atoms. The van der Waals surface area contributed by atoms with E-state index in [0.29, 0.717) is 11.7 Å². The van der Waals surface area contributed by atoms with Crippen LogP contribution in [0.3, 0.4) is 0 Å². The molecule has 1 N–H and O–H groups in total. The molecule has 3 rings (SSSR count). The van der Waals surface area contributed by atoms with Crippen molar-refractivity contribution in [2.24, 2.45) is 5.92 Å². The Morgan fingerprint density at radius 2 is 2.00 bits per heavy atom. The van der Waals surface area contributed by atoms with Crippen molar-refractivity contribution in [3.8, 4) is 11.5 Å². The fraction of sp³-hybridized carbons (Fsp3) is 0.600. The van der Waals surface area contributed by atoms with Gasteiger partial charge in [-0.3, -0.25) is 0 Å². The van der Waals surface area contributed by atoms with Gasteiger partial charge >= 0.3 is 0 Å². The second kappa shape index (κ2) is 5.40. The van der Waals surface area contributed by atoms with Crippen LogP contribution in [0.1, 0.15) is 52.0 Å². The molecule has 0 bridgehead atoms. The van der Waals surface area contributed by atoms with Gasteiger partial charge in [-0.25, -0.2) is 0 Å². The average molecular weight is 331 g/mol. The van der Waals surface area contributed by atoms with Crippen molar-refractivity contribution >= 4 is 13.3 Å². The minimum absolute atomic E-state index is 0.183. The molecule has 1 aliphatic heterocycles. The number of phenolic OH excluding ortho intramolecular Hbond substituents is 1. The van der Waals surface area contributed by atoms with E-state index >= 15 is 0 Å². The molecule has 2 aliphatic rings. The Balaban J connectivity index is 2.17. The van der Waals surface area contributed by atoms with Crippen molar-refractivity contribution in [1.82, 2.24) is 0 Å². The summed E-state index contributed by atoms with van der Waals surface area (Å²) in [6.07, 6.45) is 4.63. The summed E-state index contributed by atoms with van der Waals surface area (Å²) in [4.78, 5) is 0. The van der Waals surface area contributed by atoms with E-state index in [4.69, 9.17) is 4.74 Å². The van der Waals surface area contributed by atoms with Crippen molar-refractivity contribution in [2.45, 2.75) is 71.2 Å². The van der Waals surface area contributed by atoms with E-state index in [0.717, 1.165) is 24.2 Å². The van der Waals surface area contributed by atoms with Gasteiger partial charge in [0.05, 0.1) is 8.07 Å². The zero-order chi connectivity index (χ0) is 17.0. The molecule has 126 valence electrons. The summed E-state index contributed by atoms with van der Waals surface area (Å²) in [6, 6.07) is 5.41. The highest BCUT2D eigenvalue weighted by atomic mass is 28.3. The molecule has 1 heterocycles. The highest BCUT2D eigenvalue weighted by Crippen LogP contribution is 2.52. The molecule has 2 nitrogen and oxygen atoms in total. The van der Waals surface area contributed by atoms with Crippen LogP contribution in [0.5, 0.6) is 11.5 Å². The lowest BCUT2D eigenvalue weighted by molar-refractivity contribution is 0.0109. The third-order valence-corrected chi connectivity index (χ3v) is 9.75. The van der Waals surface area contributed by atoms with Crippen LogP contribution in [-0.2, 0) is 0 Å². The average Bonchev–Trinajstić information content (AvgIpc) is 2.45. The monoisotopic (exact) mass is 330 g/mol. The van der Waals surface area contributed by atoms with E-state index in [-0.39, 0.29) is 11.5 Å². The van der Waals surface area contributed by atoms with Gasteiger partial charge < -0.3 is 9.84 Å². The third-order valence-electron chi connectivity index (χ3n) is 6.13. The van der Waals surface area contributed by atoms with Gasteiger partial charge in [0.15, 0.2) is 0 Å². The Kier molecular flexibility index (Phi) is 3.91. The molecule has 1 aromatic rings. The predicted octanol–water partition coefficient (Wildman–Crippen LogP) is 4.94. The summed E-state index contributed by atoms with van der Waals surface area (Å²) in [5.41, 5.74) is 2.26. The van der Waals surface area contributed by atoms with Gasteiger partial charge in [0.2, 0.25) is 0 Å². The van der Waals surface area contributed by atoms with E-state index in [1.807, 2.05) is 6.07 Å². The molecule has 0 radical (unpaired) electrons. The van der Waals surface area contributed by atoms with Crippen LogP contribution in [0.25, 0.3) is 0 Å². The Morgan fingerprint density at radius 3 is 2.65 bits per heavy atom. The van der Waals surface area contributed by atoms with Crippen molar-refractivity contribution in [1.29, 1.82) is 0 Å². The van der Waals surface area contributed by atoms with Gasteiger partial charge in [-0.05, 0) is 45.7 Å². The molecule has 1 aliphatic carbocycles. The first-order valence-electron chi connectivity index (χ1n) is 8.89. The zero-order valence-corrected chi connectivity index (χ0v) is 16.4. The van der Waals surface area contributed by atoms with Crippen molar-refractivity contribution < 1.29 is 9.84 Å². The van der Waals surface area contributed by atoms with E-state index < -0.39 is 8.07 Å². The van der Waals surface area contributed by atoms with E-state index in [2.05, 4.69) is 52.9 Å². The largest absolute Gasteiger partial charge is 0.508 e. The molecule has 3 heteroatoms. The van der Waals surface area contributed by atoms with Crippen molar-refractivity contribution in [3.63, 3.8) is 0 Å². The number of ether oxygens (including phenoxy) is 1. The van der Waals surface area contributed by atoms with Gasteiger partial charge in [-0.1, -0.05) is 42.9 Å². The molecule has 0 saturated carbocycles. The maximum atomic E-state index is 10.8. The lowest BCUT2D eigenvalue weighted by Crippen LogP contribution is -2.46. The van der Waals surface area contributed by atoms with Crippen LogP contribution in [0, 0.1) is 5.92 Å². The topological polar surface area (TPSA) is 29.5 Å². The molecular formula is C20H30O2Si. The summed E-state index contributed by atoms with van der Waals surface area (Å²) < 4.78 is 6.42. The van der Waals surface area contributed by atoms with Crippen molar-refractivity contribution in [2.75, 3.05) is 0 Å². The standard InChI is InChI=1S/C20H30O2Si/c1-7-23(5,6)14-11-17(21)19-15-10-13(2)8-9-16(15)20(3,4)22-18(19)12-14/h10-12,15-16,21H,7-9H2,1-6H3/t15-,16-/m1/s1. The molecular weight excluding hydrogens is 300 g/mol. The quantitative estimate of drug-likeness (QED) is 0.615. The van der Waals surface area contributed by atoms with Crippen molar-refractivity contribution in [3.05, 3.63) is 29.3 Å². The first-order valence-corrected chi connectivity index (χ1v) is 12.1. The van der Waals surface area contributed by atoms with Crippen LogP contribution < -0.4 is 9.92 Å². The van der Waals surface area contributed by atoms with Crippen LogP contribution in [-0.4, -0.2) is 18.8 Å². The Labute approximate surface area is 141 Å². The molecule has 0 aromatic heterocycles.